The Morgan fingerprint density at radius 1 is 0.388 bits per heavy atom. The van der Waals surface area contributed by atoms with Crippen molar-refractivity contribution in [1.82, 2.24) is 19.1 Å². The van der Waals surface area contributed by atoms with Gasteiger partial charge in [-0.15, -0.1) is 0 Å². The van der Waals surface area contributed by atoms with Gasteiger partial charge in [-0.3, -0.25) is 4.57 Å². The molecule has 3 heterocycles. The second-order valence-corrected chi connectivity index (χ2v) is 12.4. The Labute approximate surface area is 281 Å². The Morgan fingerprint density at radius 2 is 0.898 bits per heavy atom. The summed E-state index contributed by atoms with van der Waals surface area (Å²) >= 11 is 0. The van der Waals surface area contributed by atoms with Gasteiger partial charge in [0.05, 0.1) is 33.3 Å². The lowest BCUT2D eigenvalue weighted by Gasteiger charge is -2.12. The van der Waals surface area contributed by atoms with E-state index in [4.69, 9.17) is 9.97 Å². The first-order chi connectivity index (χ1) is 24.2. The van der Waals surface area contributed by atoms with Gasteiger partial charge in [0, 0.05) is 38.2 Å². The Balaban J connectivity index is 1.18. The summed E-state index contributed by atoms with van der Waals surface area (Å²) in [5, 5.41) is 5.62. The highest BCUT2D eigenvalue weighted by atomic mass is 19.1. The van der Waals surface area contributed by atoms with E-state index in [2.05, 4.69) is 124 Å². The summed E-state index contributed by atoms with van der Waals surface area (Å²) in [6.07, 6.45) is 0. The molecule has 0 saturated carbocycles. The highest BCUT2D eigenvalue weighted by Gasteiger charge is 2.19. The second-order valence-electron chi connectivity index (χ2n) is 12.4. The molecule has 0 radical (unpaired) electrons. The lowest BCUT2D eigenvalue weighted by molar-refractivity contribution is 0.628. The first kappa shape index (κ1) is 27.5. The third kappa shape index (κ3) is 4.29. The quantitative estimate of drug-likeness (QED) is 0.194. The van der Waals surface area contributed by atoms with Crippen molar-refractivity contribution in [1.29, 1.82) is 0 Å². The average Bonchev–Trinajstić information content (AvgIpc) is 3.67. The SMILES string of the molecule is Fc1ccc(-c2nc(-n3c4ccccc4c4cc(-c5ccc6c(c5)c5ccccc5n6-c5ccccc5)ccc43)nc3ccccc23)cc1. The van der Waals surface area contributed by atoms with Crippen molar-refractivity contribution in [3.8, 4) is 34.0 Å². The van der Waals surface area contributed by atoms with Crippen LogP contribution in [0, 0.1) is 5.82 Å². The topological polar surface area (TPSA) is 35.6 Å². The fourth-order valence-electron chi connectivity index (χ4n) is 7.37. The van der Waals surface area contributed by atoms with Crippen molar-refractivity contribution in [2.45, 2.75) is 0 Å². The third-order valence-electron chi connectivity index (χ3n) is 9.60. The molecule has 0 fully saturated rings. The van der Waals surface area contributed by atoms with E-state index < -0.39 is 0 Å². The van der Waals surface area contributed by atoms with Crippen LogP contribution in [-0.2, 0) is 0 Å². The van der Waals surface area contributed by atoms with Gasteiger partial charge in [0.15, 0.2) is 0 Å². The maximum absolute atomic E-state index is 13.9. The van der Waals surface area contributed by atoms with E-state index in [-0.39, 0.29) is 5.82 Å². The zero-order valence-electron chi connectivity index (χ0n) is 26.3. The van der Waals surface area contributed by atoms with Crippen LogP contribution in [0.2, 0.25) is 0 Å². The number of fused-ring (bicyclic) bond motifs is 7. The van der Waals surface area contributed by atoms with Crippen LogP contribution in [0.15, 0.2) is 164 Å². The molecular formula is C44H27FN4. The molecule has 0 aliphatic rings. The summed E-state index contributed by atoms with van der Waals surface area (Å²) in [5.74, 6) is 0.300. The predicted molar refractivity (Wildman–Crippen MR) is 199 cm³/mol. The number of rotatable bonds is 4. The Hall–Kier alpha value is -6.59. The number of benzene rings is 7. The lowest BCUT2D eigenvalue weighted by atomic mass is 10.0. The first-order valence-electron chi connectivity index (χ1n) is 16.4. The summed E-state index contributed by atoms with van der Waals surface area (Å²) in [5.41, 5.74) is 10.3. The van der Waals surface area contributed by atoms with E-state index in [1.165, 1.54) is 33.9 Å². The zero-order valence-corrected chi connectivity index (χ0v) is 26.3. The fraction of sp³-hybridized carbons (Fsp3) is 0. The highest BCUT2D eigenvalue weighted by molar-refractivity contribution is 6.12. The van der Waals surface area contributed by atoms with Crippen molar-refractivity contribution in [2.24, 2.45) is 0 Å². The summed E-state index contributed by atoms with van der Waals surface area (Å²) in [6.45, 7) is 0. The molecular weight excluding hydrogens is 604 g/mol. The van der Waals surface area contributed by atoms with Crippen LogP contribution in [0.5, 0.6) is 0 Å². The van der Waals surface area contributed by atoms with Crippen molar-refractivity contribution in [2.75, 3.05) is 0 Å². The molecule has 0 unspecified atom stereocenters. The molecule has 230 valence electrons. The van der Waals surface area contributed by atoms with Crippen LogP contribution in [0.1, 0.15) is 0 Å². The molecule has 0 N–H and O–H groups in total. The summed E-state index contributed by atoms with van der Waals surface area (Å²) in [4.78, 5) is 10.2. The number of nitrogens with zero attached hydrogens (tertiary/aromatic N) is 4. The van der Waals surface area contributed by atoms with E-state index in [0.717, 1.165) is 60.8 Å². The molecule has 5 heteroatoms. The molecule has 7 aromatic carbocycles. The van der Waals surface area contributed by atoms with Crippen LogP contribution in [0.4, 0.5) is 4.39 Å². The van der Waals surface area contributed by atoms with Crippen LogP contribution in [-0.4, -0.2) is 19.1 Å². The van der Waals surface area contributed by atoms with Gasteiger partial charge >= 0.3 is 0 Å². The van der Waals surface area contributed by atoms with Gasteiger partial charge in [-0.25, -0.2) is 14.4 Å². The molecule has 0 spiro atoms. The van der Waals surface area contributed by atoms with Crippen LogP contribution in [0.25, 0.3) is 88.5 Å². The number of hydrogen-bond acceptors (Lipinski definition) is 2. The van der Waals surface area contributed by atoms with E-state index in [1.807, 2.05) is 24.3 Å². The smallest absolute Gasteiger partial charge is 0.235 e. The van der Waals surface area contributed by atoms with E-state index >= 15 is 0 Å². The van der Waals surface area contributed by atoms with Gasteiger partial charge in [0.2, 0.25) is 5.95 Å². The third-order valence-corrected chi connectivity index (χ3v) is 9.60. The number of halogens is 1. The average molecular weight is 631 g/mol. The summed E-state index contributed by atoms with van der Waals surface area (Å²) < 4.78 is 18.4. The number of aromatic nitrogens is 4. The van der Waals surface area contributed by atoms with Gasteiger partial charge in [-0.1, -0.05) is 84.9 Å². The van der Waals surface area contributed by atoms with E-state index in [9.17, 15) is 4.39 Å². The van der Waals surface area contributed by atoms with Crippen LogP contribution in [0.3, 0.4) is 0 Å². The molecule has 0 aliphatic carbocycles. The maximum Gasteiger partial charge on any atom is 0.235 e. The van der Waals surface area contributed by atoms with Gasteiger partial charge in [-0.2, -0.15) is 0 Å². The van der Waals surface area contributed by atoms with Crippen LogP contribution >= 0.6 is 0 Å². The molecule has 10 aromatic rings. The normalized spacial score (nSPS) is 11.8. The minimum absolute atomic E-state index is 0.276. The van der Waals surface area contributed by atoms with Crippen molar-refractivity contribution >= 4 is 54.5 Å². The van der Waals surface area contributed by atoms with E-state index in [0.29, 0.717) is 5.95 Å². The second kappa shape index (κ2) is 10.7. The molecule has 49 heavy (non-hydrogen) atoms. The molecule has 0 aliphatic heterocycles. The van der Waals surface area contributed by atoms with Gasteiger partial charge < -0.3 is 4.57 Å². The minimum Gasteiger partial charge on any atom is -0.309 e. The minimum atomic E-state index is -0.276. The monoisotopic (exact) mass is 630 g/mol. The molecule has 3 aromatic heterocycles. The van der Waals surface area contributed by atoms with Crippen molar-refractivity contribution in [3.05, 3.63) is 170 Å². The number of hydrogen-bond donors (Lipinski definition) is 0. The molecule has 0 saturated heterocycles. The van der Waals surface area contributed by atoms with Gasteiger partial charge in [-0.05, 0) is 90.0 Å². The predicted octanol–water partition coefficient (Wildman–Crippen LogP) is 11.3. The maximum atomic E-state index is 13.9. The molecule has 10 rings (SSSR count). The zero-order chi connectivity index (χ0) is 32.5. The Bertz CT molecular complexity index is 2880. The molecule has 4 nitrogen and oxygen atoms in total. The standard InChI is InChI=1S/C44H27FN4/c45-31-22-18-28(19-23-31)43-35-14-4-7-15-38(35)46-44(47-43)49-40-17-9-6-13-34(40)37-27-30(21-25-42(37)49)29-20-24-41-36(26-29)33-12-5-8-16-39(33)48(41)32-10-2-1-3-11-32/h1-27H. The van der Waals surface area contributed by atoms with Crippen molar-refractivity contribution in [3.63, 3.8) is 0 Å². The molecule has 0 bridgehead atoms. The Kier molecular flexibility index (Phi) is 6.02. The highest BCUT2D eigenvalue weighted by Crippen LogP contribution is 2.38. The van der Waals surface area contributed by atoms with Crippen LogP contribution < -0.4 is 0 Å². The van der Waals surface area contributed by atoms with Gasteiger partial charge in [0.1, 0.15) is 5.82 Å². The largest absolute Gasteiger partial charge is 0.309 e. The molecule has 0 atom stereocenters. The van der Waals surface area contributed by atoms with E-state index in [1.54, 1.807) is 12.1 Å². The summed E-state index contributed by atoms with van der Waals surface area (Å²) in [7, 11) is 0. The summed E-state index contributed by atoms with van der Waals surface area (Å²) in [6, 6.07) is 55.5. The first-order valence-corrected chi connectivity index (χ1v) is 16.4. The lowest BCUT2D eigenvalue weighted by Crippen LogP contribution is -2.03. The molecule has 0 amide bonds. The Morgan fingerprint density at radius 3 is 1.57 bits per heavy atom. The fourth-order valence-corrected chi connectivity index (χ4v) is 7.37. The van der Waals surface area contributed by atoms with Gasteiger partial charge in [0.25, 0.3) is 0 Å². The van der Waals surface area contributed by atoms with Crippen molar-refractivity contribution < 1.29 is 4.39 Å². The number of para-hydroxylation sites is 4.